The average Bonchev–Trinajstić information content (AvgIpc) is 3.02. The predicted octanol–water partition coefficient (Wildman–Crippen LogP) is 2.63. The van der Waals surface area contributed by atoms with E-state index in [-0.39, 0.29) is 11.1 Å². The van der Waals surface area contributed by atoms with Gasteiger partial charge in [-0.25, -0.2) is 14.3 Å². The zero-order valence-corrected chi connectivity index (χ0v) is 17.3. The number of carbonyl (C=O) groups excluding carboxylic acids is 2. The van der Waals surface area contributed by atoms with Gasteiger partial charge in [-0.3, -0.25) is 9.59 Å². The number of ether oxygens (including phenoxy) is 2. The first-order valence-electron chi connectivity index (χ1n) is 9.14. The molecule has 0 atom stereocenters. The topological polar surface area (TPSA) is 103 Å². The number of fused-ring (bicyclic) bond motifs is 1. The molecular formula is C22H21N3O5. The average molecular weight is 407 g/mol. The van der Waals surface area contributed by atoms with Crippen LogP contribution in [0.25, 0.3) is 11.0 Å². The fourth-order valence-electron chi connectivity index (χ4n) is 2.56. The molecule has 0 aliphatic heterocycles. The molecule has 0 radical (unpaired) electrons. The van der Waals surface area contributed by atoms with Gasteiger partial charge in [0, 0.05) is 11.6 Å². The van der Waals surface area contributed by atoms with Gasteiger partial charge in [-0.15, -0.1) is 0 Å². The van der Waals surface area contributed by atoms with Crippen LogP contribution in [0.4, 0.5) is 0 Å². The number of H-pyrrole nitrogens is 1. The molecule has 0 saturated heterocycles. The summed E-state index contributed by atoms with van der Waals surface area (Å²) in [6.07, 6.45) is 1.30. The summed E-state index contributed by atoms with van der Waals surface area (Å²) in [6, 6.07) is 9.18. The van der Waals surface area contributed by atoms with Gasteiger partial charge in [0.05, 0.1) is 23.8 Å². The number of rotatable bonds is 2. The molecule has 0 saturated carbocycles. The highest BCUT2D eigenvalue weighted by Gasteiger charge is 2.27. The van der Waals surface area contributed by atoms with Gasteiger partial charge in [0.15, 0.2) is 5.75 Å². The van der Waals surface area contributed by atoms with E-state index in [4.69, 9.17) is 4.74 Å². The molecule has 0 aliphatic rings. The summed E-state index contributed by atoms with van der Waals surface area (Å²) in [4.78, 5) is 43.9. The van der Waals surface area contributed by atoms with E-state index in [2.05, 4.69) is 26.7 Å². The summed E-state index contributed by atoms with van der Waals surface area (Å²) >= 11 is 0. The highest BCUT2D eigenvalue weighted by atomic mass is 16.5. The van der Waals surface area contributed by atoms with E-state index in [1.165, 1.54) is 13.4 Å². The molecule has 3 rings (SSSR count). The Morgan fingerprint density at radius 3 is 2.43 bits per heavy atom. The number of aryl methyl sites for hydroxylation is 1. The minimum absolute atomic E-state index is 0.154. The molecule has 0 fully saturated rings. The quantitative estimate of drug-likeness (QED) is 0.517. The first-order chi connectivity index (χ1) is 14.1. The second-order valence-electron chi connectivity index (χ2n) is 7.67. The van der Waals surface area contributed by atoms with E-state index in [9.17, 15) is 14.4 Å². The smallest absolute Gasteiger partial charge is 0.337 e. The largest absolute Gasteiger partial charge is 0.465 e. The van der Waals surface area contributed by atoms with Crippen molar-refractivity contribution in [3.63, 3.8) is 0 Å². The minimum Gasteiger partial charge on any atom is -0.465 e. The van der Waals surface area contributed by atoms with Crippen LogP contribution >= 0.6 is 0 Å². The van der Waals surface area contributed by atoms with Crippen molar-refractivity contribution in [1.29, 1.82) is 0 Å². The molecule has 1 aromatic carbocycles. The lowest BCUT2D eigenvalue weighted by molar-refractivity contribution is -0.142. The van der Waals surface area contributed by atoms with Gasteiger partial charge >= 0.3 is 11.9 Å². The maximum absolute atomic E-state index is 12.9. The maximum Gasteiger partial charge on any atom is 0.337 e. The van der Waals surface area contributed by atoms with Crippen molar-refractivity contribution in [1.82, 2.24) is 14.5 Å². The molecular weight excluding hydrogens is 386 g/mol. The van der Waals surface area contributed by atoms with E-state index in [0.29, 0.717) is 22.5 Å². The zero-order chi connectivity index (χ0) is 22.1. The van der Waals surface area contributed by atoms with E-state index < -0.39 is 22.9 Å². The summed E-state index contributed by atoms with van der Waals surface area (Å²) in [5.41, 5.74) is 0.648. The predicted molar refractivity (Wildman–Crippen MR) is 110 cm³/mol. The van der Waals surface area contributed by atoms with Crippen molar-refractivity contribution in [2.75, 3.05) is 7.11 Å². The van der Waals surface area contributed by atoms with Crippen LogP contribution in [-0.4, -0.2) is 33.6 Å². The number of nitrogens with zero attached hydrogens (tertiary/aromatic N) is 2. The van der Waals surface area contributed by atoms with Crippen LogP contribution in [-0.2, 0) is 9.53 Å². The van der Waals surface area contributed by atoms with Gasteiger partial charge in [0.1, 0.15) is 17.4 Å². The number of aromatic amines is 1. The Bertz CT molecular complexity index is 1250. The number of hydrogen-bond donors (Lipinski definition) is 1. The third-order valence-electron chi connectivity index (χ3n) is 4.28. The Morgan fingerprint density at radius 1 is 1.17 bits per heavy atom. The minimum atomic E-state index is -0.729. The fraction of sp³-hybridized carbons (Fsp3) is 0.273. The highest BCUT2D eigenvalue weighted by molar-refractivity contribution is 5.89. The normalized spacial score (nSPS) is 11.0. The summed E-state index contributed by atoms with van der Waals surface area (Å²) in [7, 11) is 1.31. The third kappa shape index (κ3) is 4.10. The van der Waals surface area contributed by atoms with Crippen molar-refractivity contribution in [2.24, 2.45) is 5.41 Å². The molecule has 8 heteroatoms. The molecule has 0 unspecified atom stereocenters. The number of nitrogens with one attached hydrogen (secondary N) is 1. The van der Waals surface area contributed by atoms with Crippen LogP contribution in [0.2, 0.25) is 0 Å². The van der Waals surface area contributed by atoms with Crippen LogP contribution < -0.4 is 10.3 Å². The first-order valence-corrected chi connectivity index (χ1v) is 9.14. The maximum atomic E-state index is 12.9. The van der Waals surface area contributed by atoms with E-state index in [1.807, 2.05) is 0 Å². The summed E-state index contributed by atoms with van der Waals surface area (Å²) in [5.74, 6) is 2.09. The molecule has 154 valence electrons. The Labute approximate surface area is 172 Å². The number of esters is 2. The van der Waals surface area contributed by atoms with Gasteiger partial charge in [-0.2, -0.15) is 0 Å². The fourth-order valence-corrected chi connectivity index (χ4v) is 2.56. The van der Waals surface area contributed by atoms with E-state index >= 15 is 0 Å². The monoisotopic (exact) mass is 407 g/mol. The molecule has 0 amide bonds. The van der Waals surface area contributed by atoms with E-state index in [1.54, 1.807) is 52.0 Å². The molecule has 3 aromatic rings. The van der Waals surface area contributed by atoms with Crippen LogP contribution in [0.3, 0.4) is 0 Å². The summed E-state index contributed by atoms with van der Waals surface area (Å²) in [5, 5.41) is 0.155. The van der Waals surface area contributed by atoms with Gasteiger partial charge in [-0.05, 0) is 57.9 Å². The number of benzene rings is 1. The lowest BCUT2D eigenvalue weighted by Crippen LogP contribution is -2.26. The van der Waals surface area contributed by atoms with Crippen molar-refractivity contribution >= 4 is 23.0 Å². The molecule has 2 aromatic heterocycles. The van der Waals surface area contributed by atoms with E-state index in [0.717, 1.165) is 4.57 Å². The van der Waals surface area contributed by atoms with Crippen molar-refractivity contribution < 1.29 is 19.1 Å². The molecule has 8 nitrogen and oxygen atoms in total. The Hall–Kier alpha value is -3.86. The number of aromatic nitrogens is 3. The molecule has 0 spiro atoms. The molecule has 1 N–H and O–H groups in total. The van der Waals surface area contributed by atoms with Gasteiger partial charge in [0.25, 0.3) is 5.56 Å². The Balaban J connectivity index is 1.99. The second-order valence-corrected chi connectivity index (χ2v) is 7.67. The van der Waals surface area contributed by atoms with Gasteiger partial charge in [0.2, 0.25) is 0 Å². The lowest BCUT2D eigenvalue weighted by atomic mass is 9.97. The number of methoxy groups -OCH3 is 1. The SMILES string of the molecule is COC(=O)c1ccc(C#Cn2cnc3[nH]c(C)c(OC(=O)C(C)(C)C)c3c2=O)cc1. The van der Waals surface area contributed by atoms with Crippen LogP contribution in [0.1, 0.15) is 42.4 Å². The van der Waals surface area contributed by atoms with Crippen molar-refractivity contribution in [2.45, 2.75) is 27.7 Å². The lowest BCUT2D eigenvalue weighted by Gasteiger charge is -2.16. The van der Waals surface area contributed by atoms with Crippen molar-refractivity contribution in [3.8, 4) is 17.7 Å². The summed E-state index contributed by atoms with van der Waals surface area (Å²) in [6.45, 7) is 6.89. The first kappa shape index (κ1) is 20.9. The third-order valence-corrected chi connectivity index (χ3v) is 4.28. The highest BCUT2D eigenvalue weighted by Crippen LogP contribution is 2.28. The number of hydrogen-bond acceptors (Lipinski definition) is 6. The summed E-state index contributed by atoms with van der Waals surface area (Å²) < 4.78 is 11.3. The van der Waals surface area contributed by atoms with Crippen LogP contribution in [0.5, 0.6) is 5.75 Å². The molecule has 0 aliphatic carbocycles. The second kappa shape index (κ2) is 7.87. The van der Waals surface area contributed by atoms with Crippen molar-refractivity contribution in [3.05, 3.63) is 57.8 Å². The Morgan fingerprint density at radius 2 is 1.83 bits per heavy atom. The molecule has 30 heavy (non-hydrogen) atoms. The standard InChI is InChI=1S/C22H21N3O5/c1-13-17(30-21(28)22(2,3)4)16-18(24-13)23-12-25(19(16)26)11-10-14-6-8-15(9-7-14)20(27)29-5/h6-9,12,24H,1-5H3. The molecule has 0 bridgehead atoms. The Kier molecular flexibility index (Phi) is 5.47. The zero-order valence-electron chi connectivity index (χ0n) is 17.3. The van der Waals surface area contributed by atoms with Crippen LogP contribution in [0.15, 0.2) is 35.4 Å². The molecule has 2 heterocycles. The number of carbonyl (C=O) groups is 2. The van der Waals surface area contributed by atoms with Crippen LogP contribution in [0, 0.1) is 24.3 Å². The van der Waals surface area contributed by atoms with Gasteiger partial charge < -0.3 is 14.5 Å². The van der Waals surface area contributed by atoms with Gasteiger partial charge in [-0.1, -0.05) is 0 Å².